The van der Waals surface area contributed by atoms with E-state index in [2.05, 4.69) is 0 Å². The van der Waals surface area contributed by atoms with Crippen LogP contribution < -0.4 is 0 Å². The van der Waals surface area contributed by atoms with Gasteiger partial charge in [0.2, 0.25) is 0 Å². The molecule has 0 radical (unpaired) electrons. The summed E-state index contributed by atoms with van der Waals surface area (Å²) in [7, 11) is 0. The van der Waals surface area contributed by atoms with Crippen LogP contribution >= 0.6 is 0 Å². The van der Waals surface area contributed by atoms with E-state index in [0.29, 0.717) is 0 Å². The lowest BCUT2D eigenvalue weighted by Crippen LogP contribution is -2.65. The minimum Gasteiger partial charge on any atom is -0.394 e. The summed E-state index contributed by atoms with van der Waals surface area (Å²) in [5.41, 5.74) is 3.48. The number of hydrogen-bond donors (Lipinski definition) is 4. The van der Waals surface area contributed by atoms with Gasteiger partial charge in [0.1, 0.15) is 48.8 Å². The van der Waals surface area contributed by atoms with Crippen LogP contribution in [-0.4, -0.2) is 95.1 Å². The van der Waals surface area contributed by atoms with Crippen molar-refractivity contribution in [3.8, 4) is 0 Å². The van der Waals surface area contributed by atoms with Gasteiger partial charge in [-0.25, -0.2) is 0 Å². The molecular weight excluding hydrogens is 656 g/mol. The first-order valence-electron chi connectivity index (χ1n) is 17.2. The van der Waals surface area contributed by atoms with E-state index in [1.807, 2.05) is 121 Å². The molecule has 6 rings (SSSR count). The second kappa shape index (κ2) is 18.8. The van der Waals surface area contributed by atoms with Crippen molar-refractivity contribution in [2.45, 2.75) is 87.8 Å². The molecule has 11 nitrogen and oxygen atoms in total. The van der Waals surface area contributed by atoms with Gasteiger partial charge in [-0.15, -0.1) is 0 Å². The number of aliphatic hydroxyl groups is 4. The molecule has 0 spiro atoms. The lowest BCUT2D eigenvalue weighted by atomic mass is 9.97. The first-order valence-corrected chi connectivity index (χ1v) is 17.2. The van der Waals surface area contributed by atoms with Crippen molar-refractivity contribution in [2.75, 3.05) is 13.2 Å². The highest BCUT2D eigenvalue weighted by molar-refractivity contribution is 5.16. The molecule has 11 heteroatoms. The van der Waals surface area contributed by atoms with Crippen LogP contribution in [0.5, 0.6) is 0 Å². The standard InChI is InChI=1S/C40H46O11/c41-21-31-33(43)35(45-23-27-13-5-1-6-14-27)37(47-25-29-17-9-3-10-18-29)39(49-31)51-40-38(48-26-30-19-11-4-12-20-30)36(34(44)32(22-42)50-40)46-24-28-15-7-2-8-16-28/h1-20,31-44H,21-26H2/t31-,32+,33-,34-,35-,36-,37+,38-,39+,40+/m0/s1. The van der Waals surface area contributed by atoms with Gasteiger partial charge in [-0.3, -0.25) is 0 Å². The second-order valence-electron chi connectivity index (χ2n) is 12.6. The van der Waals surface area contributed by atoms with E-state index in [9.17, 15) is 20.4 Å². The quantitative estimate of drug-likeness (QED) is 0.136. The summed E-state index contributed by atoms with van der Waals surface area (Å²) >= 11 is 0. The molecule has 0 unspecified atom stereocenters. The number of hydrogen-bond acceptors (Lipinski definition) is 11. The molecule has 0 saturated carbocycles. The van der Waals surface area contributed by atoms with E-state index < -0.39 is 74.6 Å². The third-order valence-electron chi connectivity index (χ3n) is 9.01. The molecule has 4 N–H and O–H groups in total. The van der Waals surface area contributed by atoms with Crippen LogP contribution in [0.4, 0.5) is 0 Å². The van der Waals surface area contributed by atoms with E-state index in [1.165, 1.54) is 0 Å². The maximum atomic E-state index is 11.4. The zero-order valence-corrected chi connectivity index (χ0v) is 28.2. The Labute approximate surface area is 297 Å². The van der Waals surface area contributed by atoms with Crippen molar-refractivity contribution in [1.29, 1.82) is 0 Å². The monoisotopic (exact) mass is 702 g/mol. The zero-order chi connectivity index (χ0) is 35.4. The first kappa shape index (κ1) is 37.2. The smallest absolute Gasteiger partial charge is 0.190 e. The maximum Gasteiger partial charge on any atom is 0.190 e. The SMILES string of the molecule is OC[C@@H]1O[C@H](O[C@H]2O[C@H](CO)[C@H](O)[C@H](OCc3ccccc3)[C@@H]2OCc2ccccc2)[C@H](OCc2ccccc2)[C@@H](OCc2ccccc2)[C@H]1O. The highest BCUT2D eigenvalue weighted by atomic mass is 16.8. The topological polar surface area (TPSA) is 146 Å². The molecule has 0 aromatic heterocycles. The molecule has 2 heterocycles. The third kappa shape index (κ3) is 9.86. The Balaban J connectivity index is 1.30. The van der Waals surface area contributed by atoms with Crippen molar-refractivity contribution < 1.29 is 53.6 Å². The highest BCUT2D eigenvalue weighted by Crippen LogP contribution is 2.34. The van der Waals surface area contributed by atoms with Crippen molar-refractivity contribution in [3.05, 3.63) is 144 Å². The van der Waals surface area contributed by atoms with Gasteiger partial charge in [0.25, 0.3) is 0 Å². The molecule has 0 amide bonds. The van der Waals surface area contributed by atoms with Crippen molar-refractivity contribution >= 4 is 0 Å². The van der Waals surface area contributed by atoms with Gasteiger partial charge in [-0.2, -0.15) is 0 Å². The fourth-order valence-corrected chi connectivity index (χ4v) is 6.24. The summed E-state index contributed by atoms with van der Waals surface area (Å²) < 4.78 is 44.4. The predicted octanol–water partition coefficient (Wildman–Crippen LogP) is 3.50. The fraction of sp³-hybridized carbons (Fsp3) is 0.400. The van der Waals surface area contributed by atoms with E-state index in [0.717, 1.165) is 22.3 Å². The molecule has 10 atom stereocenters. The lowest BCUT2D eigenvalue weighted by Gasteiger charge is -2.48. The van der Waals surface area contributed by atoms with Gasteiger partial charge in [0.05, 0.1) is 39.6 Å². The Hall–Kier alpha value is -3.56. The van der Waals surface area contributed by atoms with Crippen LogP contribution in [0.25, 0.3) is 0 Å². The van der Waals surface area contributed by atoms with Gasteiger partial charge in [-0.05, 0) is 22.3 Å². The number of benzene rings is 4. The average Bonchev–Trinajstić information content (AvgIpc) is 3.18. The molecule has 0 bridgehead atoms. The predicted molar refractivity (Wildman–Crippen MR) is 185 cm³/mol. The molecule has 2 saturated heterocycles. The van der Waals surface area contributed by atoms with Crippen LogP contribution in [0.15, 0.2) is 121 Å². The van der Waals surface area contributed by atoms with Crippen LogP contribution in [0.2, 0.25) is 0 Å². The summed E-state index contributed by atoms with van der Waals surface area (Å²) in [5.74, 6) is 0. The molecular formula is C40H46O11. The Kier molecular flexibility index (Phi) is 13.7. The second-order valence-corrected chi connectivity index (χ2v) is 12.6. The fourth-order valence-electron chi connectivity index (χ4n) is 6.24. The van der Waals surface area contributed by atoms with Crippen LogP contribution in [0.3, 0.4) is 0 Å². The van der Waals surface area contributed by atoms with Gasteiger partial charge < -0.3 is 53.6 Å². The zero-order valence-electron chi connectivity index (χ0n) is 28.2. The van der Waals surface area contributed by atoms with Crippen LogP contribution in [0, 0.1) is 0 Å². The molecule has 2 aliphatic heterocycles. The molecule has 51 heavy (non-hydrogen) atoms. The maximum absolute atomic E-state index is 11.4. The first-order chi connectivity index (χ1) is 25.0. The molecule has 2 fully saturated rings. The van der Waals surface area contributed by atoms with Crippen molar-refractivity contribution in [3.63, 3.8) is 0 Å². The van der Waals surface area contributed by atoms with E-state index >= 15 is 0 Å². The van der Waals surface area contributed by atoms with Gasteiger partial charge in [-0.1, -0.05) is 121 Å². The van der Waals surface area contributed by atoms with E-state index in [4.69, 9.17) is 33.2 Å². The van der Waals surface area contributed by atoms with Gasteiger partial charge in [0.15, 0.2) is 12.6 Å². The van der Waals surface area contributed by atoms with Gasteiger partial charge in [0, 0.05) is 0 Å². The molecule has 272 valence electrons. The number of ether oxygens (including phenoxy) is 7. The van der Waals surface area contributed by atoms with Crippen LogP contribution in [-0.2, 0) is 59.6 Å². The highest BCUT2D eigenvalue weighted by Gasteiger charge is 2.52. The van der Waals surface area contributed by atoms with Crippen LogP contribution in [0.1, 0.15) is 22.3 Å². The van der Waals surface area contributed by atoms with E-state index in [-0.39, 0.29) is 26.4 Å². The normalized spacial score (nSPS) is 29.5. The lowest BCUT2D eigenvalue weighted by molar-refractivity contribution is -0.389. The number of aliphatic hydroxyl groups excluding tert-OH is 4. The Morgan fingerprint density at radius 1 is 0.412 bits per heavy atom. The average molecular weight is 703 g/mol. The molecule has 2 aliphatic rings. The Morgan fingerprint density at radius 3 is 0.961 bits per heavy atom. The Bertz CT molecular complexity index is 1430. The number of rotatable bonds is 16. The molecule has 0 aliphatic carbocycles. The minimum absolute atomic E-state index is 0.136. The Morgan fingerprint density at radius 2 is 0.686 bits per heavy atom. The summed E-state index contributed by atoms with van der Waals surface area (Å²) in [5, 5.41) is 43.4. The third-order valence-corrected chi connectivity index (χ3v) is 9.01. The minimum atomic E-state index is -1.27. The van der Waals surface area contributed by atoms with E-state index in [1.54, 1.807) is 0 Å². The summed E-state index contributed by atoms with van der Waals surface area (Å²) in [4.78, 5) is 0. The molecule has 4 aromatic carbocycles. The molecule has 4 aromatic rings. The van der Waals surface area contributed by atoms with Crippen molar-refractivity contribution in [1.82, 2.24) is 0 Å². The largest absolute Gasteiger partial charge is 0.394 e. The summed E-state index contributed by atoms with van der Waals surface area (Å²) in [6.07, 6.45) is -11.3. The summed E-state index contributed by atoms with van der Waals surface area (Å²) in [6.45, 7) is -0.492. The summed E-state index contributed by atoms with van der Waals surface area (Å²) in [6, 6.07) is 38.0. The van der Waals surface area contributed by atoms with Gasteiger partial charge >= 0.3 is 0 Å². The van der Waals surface area contributed by atoms with Crippen molar-refractivity contribution in [2.24, 2.45) is 0 Å².